The van der Waals surface area contributed by atoms with Crippen LogP contribution in [0.1, 0.15) is 11.1 Å². The summed E-state index contributed by atoms with van der Waals surface area (Å²) in [7, 11) is 1.56. The van der Waals surface area contributed by atoms with Crippen molar-refractivity contribution < 1.29 is 14.3 Å². The van der Waals surface area contributed by atoms with E-state index in [4.69, 9.17) is 9.47 Å². The number of carbonyl (C=O) groups is 1. The molecule has 2 N–H and O–H groups in total. The van der Waals surface area contributed by atoms with Crippen molar-refractivity contribution in [2.45, 2.75) is 13.1 Å². The zero-order chi connectivity index (χ0) is 18.2. The van der Waals surface area contributed by atoms with Gasteiger partial charge in [-0.25, -0.2) is 9.78 Å². The average Bonchev–Trinajstić information content (AvgIpc) is 2.71. The predicted molar refractivity (Wildman–Crippen MR) is 99.3 cm³/mol. The van der Waals surface area contributed by atoms with Gasteiger partial charge in [-0.15, -0.1) is 0 Å². The molecule has 1 saturated heterocycles. The standard InChI is InChI=1S/C19H24N4O3/c1-25-18-16(6-4-8-20-18)14-22-19(24)21-13-15-5-2-3-7-17(15)23-9-11-26-12-10-23/h2-8H,9-14H2,1H3,(H2,21,22,24). The van der Waals surface area contributed by atoms with Crippen LogP contribution in [0.25, 0.3) is 0 Å². The molecular formula is C19H24N4O3. The third-order valence-electron chi connectivity index (χ3n) is 4.27. The predicted octanol–water partition coefficient (Wildman–Crippen LogP) is 1.93. The van der Waals surface area contributed by atoms with Gasteiger partial charge in [0.2, 0.25) is 5.88 Å². The van der Waals surface area contributed by atoms with E-state index in [0.29, 0.717) is 19.0 Å². The van der Waals surface area contributed by atoms with Crippen LogP contribution in [0.3, 0.4) is 0 Å². The van der Waals surface area contributed by atoms with E-state index in [1.807, 2.05) is 30.3 Å². The third-order valence-corrected chi connectivity index (χ3v) is 4.27. The van der Waals surface area contributed by atoms with E-state index in [1.54, 1.807) is 13.3 Å². The lowest BCUT2D eigenvalue weighted by molar-refractivity contribution is 0.122. The number of rotatable bonds is 6. The lowest BCUT2D eigenvalue weighted by Crippen LogP contribution is -2.38. The van der Waals surface area contributed by atoms with Crippen LogP contribution in [0.4, 0.5) is 10.5 Å². The Bertz CT molecular complexity index is 732. The number of para-hydroxylation sites is 1. The highest BCUT2D eigenvalue weighted by Gasteiger charge is 2.14. The van der Waals surface area contributed by atoms with Crippen molar-refractivity contribution in [3.8, 4) is 5.88 Å². The monoisotopic (exact) mass is 356 g/mol. The number of aromatic nitrogens is 1. The zero-order valence-electron chi connectivity index (χ0n) is 14.9. The van der Waals surface area contributed by atoms with Gasteiger partial charge in [-0.1, -0.05) is 24.3 Å². The fourth-order valence-corrected chi connectivity index (χ4v) is 2.93. The van der Waals surface area contributed by atoms with Gasteiger partial charge in [-0.2, -0.15) is 0 Å². The summed E-state index contributed by atoms with van der Waals surface area (Å²) in [6.45, 7) is 4.01. The molecule has 2 heterocycles. The van der Waals surface area contributed by atoms with Crippen LogP contribution >= 0.6 is 0 Å². The maximum absolute atomic E-state index is 12.2. The number of benzene rings is 1. The normalized spacial score (nSPS) is 14.0. The van der Waals surface area contributed by atoms with Gasteiger partial charge in [0.15, 0.2) is 0 Å². The number of methoxy groups -OCH3 is 1. The van der Waals surface area contributed by atoms with Gasteiger partial charge >= 0.3 is 6.03 Å². The number of anilines is 1. The molecule has 3 rings (SSSR count). The maximum Gasteiger partial charge on any atom is 0.315 e. The van der Waals surface area contributed by atoms with E-state index in [9.17, 15) is 4.79 Å². The molecule has 2 aromatic rings. The molecule has 0 unspecified atom stereocenters. The van der Waals surface area contributed by atoms with Crippen molar-refractivity contribution in [3.05, 3.63) is 53.7 Å². The van der Waals surface area contributed by atoms with E-state index in [1.165, 1.54) is 0 Å². The minimum absolute atomic E-state index is 0.229. The first-order valence-electron chi connectivity index (χ1n) is 8.68. The average molecular weight is 356 g/mol. The summed E-state index contributed by atoms with van der Waals surface area (Å²) < 4.78 is 10.6. The van der Waals surface area contributed by atoms with Gasteiger partial charge in [0, 0.05) is 43.6 Å². The van der Waals surface area contributed by atoms with E-state index in [0.717, 1.165) is 43.1 Å². The molecular weight excluding hydrogens is 332 g/mol. The topological polar surface area (TPSA) is 75.7 Å². The first kappa shape index (κ1) is 18.0. The summed E-state index contributed by atoms with van der Waals surface area (Å²) in [6, 6.07) is 11.6. The number of nitrogens with one attached hydrogen (secondary N) is 2. The molecule has 2 amide bonds. The van der Waals surface area contributed by atoms with Crippen LogP contribution in [-0.4, -0.2) is 44.4 Å². The Morgan fingerprint density at radius 2 is 1.81 bits per heavy atom. The molecule has 0 spiro atoms. The van der Waals surface area contributed by atoms with Crippen LogP contribution in [0.5, 0.6) is 5.88 Å². The Morgan fingerprint density at radius 3 is 2.58 bits per heavy atom. The Kier molecular flexibility index (Phi) is 6.27. The first-order valence-corrected chi connectivity index (χ1v) is 8.68. The number of hydrogen-bond donors (Lipinski definition) is 2. The molecule has 1 aliphatic heterocycles. The molecule has 1 fully saturated rings. The summed E-state index contributed by atoms with van der Waals surface area (Å²) >= 11 is 0. The van der Waals surface area contributed by atoms with Crippen molar-refractivity contribution in [3.63, 3.8) is 0 Å². The number of nitrogens with zero attached hydrogens (tertiary/aromatic N) is 2. The van der Waals surface area contributed by atoms with Crippen LogP contribution in [0, 0.1) is 0 Å². The lowest BCUT2D eigenvalue weighted by atomic mass is 10.1. The molecule has 26 heavy (non-hydrogen) atoms. The van der Waals surface area contributed by atoms with Crippen LogP contribution in [0.15, 0.2) is 42.6 Å². The highest BCUT2D eigenvalue weighted by atomic mass is 16.5. The third kappa shape index (κ3) is 4.64. The molecule has 0 aliphatic carbocycles. The summed E-state index contributed by atoms with van der Waals surface area (Å²) in [5, 5.41) is 5.76. The summed E-state index contributed by atoms with van der Waals surface area (Å²) in [5.41, 5.74) is 3.06. The van der Waals surface area contributed by atoms with E-state index < -0.39 is 0 Å². The highest BCUT2D eigenvalue weighted by molar-refractivity contribution is 5.74. The highest BCUT2D eigenvalue weighted by Crippen LogP contribution is 2.21. The van der Waals surface area contributed by atoms with Crippen molar-refractivity contribution in [2.24, 2.45) is 0 Å². The largest absolute Gasteiger partial charge is 0.481 e. The number of hydrogen-bond acceptors (Lipinski definition) is 5. The molecule has 0 atom stereocenters. The fourth-order valence-electron chi connectivity index (χ4n) is 2.93. The number of pyridine rings is 1. The van der Waals surface area contributed by atoms with E-state index in [2.05, 4.69) is 26.6 Å². The molecule has 1 aromatic heterocycles. The Hall–Kier alpha value is -2.80. The Morgan fingerprint density at radius 1 is 1.12 bits per heavy atom. The summed E-state index contributed by atoms with van der Waals surface area (Å²) in [5.74, 6) is 0.519. The van der Waals surface area contributed by atoms with E-state index in [-0.39, 0.29) is 6.03 Å². The first-order chi connectivity index (χ1) is 12.8. The second kappa shape index (κ2) is 9.05. The van der Waals surface area contributed by atoms with Crippen molar-refractivity contribution in [1.82, 2.24) is 15.6 Å². The van der Waals surface area contributed by atoms with Gasteiger partial charge < -0.3 is 25.0 Å². The quantitative estimate of drug-likeness (QED) is 0.827. The molecule has 7 nitrogen and oxygen atoms in total. The molecule has 0 radical (unpaired) electrons. The number of morpholine rings is 1. The molecule has 7 heteroatoms. The molecule has 138 valence electrons. The van der Waals surface area contributed by atoms with Crippen LogP contribution in [0.2, 0.25) is 0 Å². The van der Waals surface area contributed by atoms with Crippen molar-refractivity contribution in [2.75, 3.05) is 38.3 Å². The number of ether oxygens (including phenoxy) is 2. The van der Waals surface area contributed by atoms with Gasteiger partial charge in [0.1, 0.15) is 0 Å². The van der Waals surface area contributed by atoms with Crippen LogP contribution in [-0.2, 0) is 17.8 Å². The summed E-state index contributed by atoms with van der Waals surface area (Å²) in [4.78, 5) is 18.6. The lowest BCUT2D eigenvalue weighted by Gasteiger charge is -2.30. The van der Waals surface area contributed by atoms with Crippen molar-refractivity contribution in [1.29, 1.82) is 0 Å². The minimum Gasteiger partial charge on any atom is -0.481 e. The minimum atomic E-state index is -0.229. The van der Waals surface area contributed by atoms with Crippen molar-refractivity contribution >= 4 is 11.7 Å². The van der Waals surface area contributed by atoms with Gasteiger partial charge in [-0.05, 0) is 17.7 Å². The fraction of sp³-hybridized carbons (Fsp3) is 0.368. The molecule has 0 saturated carbocycles. The number of urea groups is 1. The van der Waals surface area contributed by atoms with E-state index >= 15 is 0 Å². The summed E-state index contributed by atoms with van der Waals surface area (Å²) in [6.07, 6.45) is 1.66. The Balaban J connectivity index is 1.55. The maximum atomic E-state index is 12.2. The SMILES string of the molecule is COc1ncccc1CNC(=O)NCc1ccccc1N1CCOCC1. The zero-order valence-corrected chi connectivity index (χ0v) is 14.9. The number of amides is 2. The van der Waals surface area contributed by atoms with Gasteiger partial charge in [0.25, 0.3) is 0 Å². The Labute approximate surface area is 153 Å². The second-order valence-corrected chi connectivity index (χ2v) is 5.94. The van der Waals surface area contributed by atoms with Crippen LogP contribution < -0.4 is 20.3 Å². The second-order valence-electron chi connectivity index (χ2n) is 5.94. The van der Waals surface area contributed by atoms with Gasteiger partial charge in [-0.3, -0.25) is 0 Å². The molecule has 0 bridgehead atoms. The van der Waals surface area contributed by atoms with Gasteiger partial charge in [0.05, 0.1) is 20.3 Å². The smallest absolute Gasteiger partial charge is 0.315 e. The molecule has 1 aliphatic rings. The molecule has 1 aromatic carbocycles. The number of carbonyl (C=O) groups excluding carboxylic acids is 1.